The van der Waals surface area contributed by atoms with Gasteiger partial charge < -0.3 is 20.1 Å². The van der Waals surface area contributed by atoms with Crippen LogP contribution in [0.15, 0.2) is 30.3 Å². The third kappa shape index (κ3) is 4.58. The Morgan fingerprint density at radius 1 is 1.09 bits per heavy atom. The maximum absolute atomic E-state index is 14.5. The molecule has 4 aromatic rings. The van der Waals surface area contributed by atoms with Crippen LogP contribution in [0.2, 0.25) is 10.0 Å². The molecule has 2 aromatic heterocycles. The van der Waals surface area contributed by atoms with Crippen molar-refractivity contribution < 1.29 is 14.2 Å². The van der Waals surface area contributed by atoms with Gasteiger partial charge in [0.05, 0.1) is 27.3 Å². The van der Waals surface area contributed by atoms with E-state index in [0.29, 0.717) is 58.5 Å². The quantitative estimate of drug-likeness (QED) is 0.278. The summed E-state index contributed by atoms with van der Waals surface area (Å²) in [4.78, 5) is 19.4. The summed E-state index contributed by atoms with van der Waals surface area (Å²) in [5, 5.41) is 17.5. The van der Waals surface area contributed by atoms with E-state index in [9.17, 15) is 9.50 Å². The number of phenols is 1. The lowest BCUT2D eigenvalue weighted by atomic mass is 9.95. The zero-order valence-corrected chi connectivity index (χ0v) is 25.4. The van der Waals surface area contributed by atoms with E-state index in [2.05, 4.69) is 15.1 Å². The van der Waals surface area contributed by atoms with Gasteiger partial charge in [0.2, 0.25) is 0 Å². The average Bonchev–Trinajstić information content (AvgIpc) is 3.63. The van der Waals surface area contributed by atoms with E-state index in [1.165, 1.54) is 0 Å². The monoisotopic (exact) mass is 622 g/mol. The molecule has 2 N–H and O–H groups in total. The van der Waals surface area contributed by atoms with Crippen LogP contribution in [0.4, 0.5) is 10.2 Å². The van der Waals surface area contributed by atoms with Gasteiger partial charge in [-0.1, -0.05) is 35.3 Å². The first-order chi connectivity index (χ1) is 20.8. The Morgan fingerprint density at radius 3 is 2.72 bits per heavy atom. The summed E-state index contributed by atoms with van der Waals surface area (Å²) in [5.41, 5.74) is 2.04. The van der Waals surface area contributed by atoms with E-state index in [-0.39, 0.29) is 17.3 Å². The number of phenolic OH excluding ortho intramolecular Hbond substituents is 1. The lowest BCUT2D eigenvalue weighted by molar-refractivity contribution is 0.107. The van der Waals surface area contributed by atoms with Gasteiger partial charge in [-0.15, -0.1) is 0 Å². The Bertz CT molecular complexity index is 1760. The Hall–Kier alpha value is -2.98. The van der Waals surface area contributed by atoms with Gasteiger partial charge in [0.1, 0.15) is 29.9 Å². The highest BCUT2D eigenvalue weighted by atomic mass is 35.5. The number of rotatable bonds is 5. The molecule has 4 saturated heterocycles. The molecule has 4 atom stereocenters. The fourth-order valence-corrected chi connectivity index (χ4v) is 8.51. The number of nitrogens with zero attached hydrogens (tertiary/aromatic N) is 5. The molecule has 4 fully saturated rings. The predicted molar refractivity (Wildman–Crippen MR) is 167 cm³/mol. The summed E-state index contributed by atoms with van der Waals surface area (Å²) < 4.78 is 20.9. The zero-order chi connectivity index (χ0) is 29.5. The van der Waals surface area contributed by atoms with Gasteiger partial charge in [0.15, 0.2) is 0 Å². The summed E-state index contributed by atoms with van der Waals surface area (Å²) in [6.45, 7) is 5.24. The summed E-state index contributed by atoms with van der Waals surface area (Å²) in [6.07, 6.45) is 3.81. The largest absolute Gasteiger partial charge is 0.508 e. The van der Waals surface area contributed by atoms with Gasteiger partial charge in [-0.25, -0.2) is 4.39 Å². The van der Waals surface area contributed by atoms with Crippen LogP contribution in [0.3, 0.4) is 0 Å². The number of fused-ring (bicyclic) bond motifs is 5. The molecule has 0 saturated carbocycles. The first kappa shape index (κ1) is 27.6. The molecule has 43 heavy (non-hydrogen) atoms. The minimum absolute atomic E-state index is 0.0900. The third-order valence-corrected chi connectivity index (χ3v) is 10.5. The van der Waals surface area contributed by atoms with E-state index in [1.54, 1.807) is 12.1 Å². The molecule has 11 heteroatoms. The first-order valence-electron chi connectivity index (χ1n) is 15.1. The third-order valence-electron chi connectivity index (χ3n) is 9.84. The van der Waals surface area contributed by atoms with Crippen LogP contribution in [0.1, 0.15) is 37.8 Å². The summed E-state index contributed by atoms with van der Waals surface area (Å²) >= 11 is 13.9. The average molecular weight is 624 g/mol. The van der Waals surface area contributed by atoms with Crippen LogP contribution in [0.5, 0.6) is 11.8 Å². The van der Waals surface area contributed by atoms with E-state index < -0.39 is 6.17 Å². The highest BCUT2D eigenvalue weighted by Gasteiger charge is 2.49. The van der Waals surface area contributed by atoms with Crippen molar-refractivity contribution in [2.24, 2.45) is 0 Å². The van der Waals surface area contributed by atoms with Crippen molar-refractivity contribution in [3.8, 4) is 23.0 Å². The number of nitrogens with one attached hydrogen (secondary N) is 1. The fourth-order valence-electron chi connectivity index (χ4n) is 7.95. The van der Waals surface area contributed by atoms with Crippen LogP contribution >= 0.6 is 23.2 Å². The molecule has 0 spiro atoms. The molecule has 4 aliphatic heterocycles. The molecule has 0 amide bonds. The van der Waals surface area contributed by atoms with Crippen molar-refractivity contribution in [3.05, 3.63) is 46.1 Å². The van der Waals surface area contributed by atoms with Gasteiger partial charge in [0, 0.05) is 54.1 Å². The van der Waals surface area contributed by atoms with Crippen molar-refractivity contribution in [3.63, 3.8) is 0 Å². The highest BCUT2D eigenvalue weighted by molar-refractivity contribution is 6.40. The second-order valence-electron chi connectivity index (χ2n) is 12.7. The zero-order valence-electron chi connectivity index (χ0n) is 23.9. The van der Waals surface area contributed by atoms with Gasteiger partial charge in [-0.3, -0.25) is 9.88 Å². The number of hydrogen-bond donors (Lipinski definition) is 2. The van der Waals surface area contributed by atoms with Crippen molar-refractivity contribution in [1.82, 2.24) is 25.2 Å². The molecule has 0 radical (unpaired) electrons. The predicted octanol–water partition coefficient (Wildman–Crippen LogP) is 6.06. The van der Waals surface area contributed by atoms with E-state index in [1.807, 2.05) is 25.1 Å². The number of aryl methyl sites for hydroxylation is 1. The number of pyridine rings is 1. The lowest BCUT2D eigenvalue weighted by Crippen LogP contribution is -2.51. The molecule has 2 bridgehead atoms. The topological polar surface area (TPSA) is 86.6 Å². The van der Waals surface area contributed by atoms with Crippen LogP contribution in [-0.2, 0) is 0 Å². The SMILES string of the molecule is Cc1nc(-c2cc(O)cc3cccc(Cl)c23)c(Cl)c2nc(OC[C@@]34CCCN3C[C@H](F)C4)nc(N3CC4CCC(C3)N4)c12. The number of benzene rings is 2. The minimum atomic E-state index is -0.844. The van der Waals surface area contributed by atoms with E-state index in [0.717, 1.165) is 73.0 Å². The highest BCUT2D eigenvalue weighted by Crippen LogP contribution is 2.44. The standard InChI is InChI=1S/C32H33Cl2FN6O2/c1-17-25-29(27(34)28(36-17)23-11-22(42)10-18-4-2-5-24(33)26(18)23)38-31(39-30(25)40-14-20-6-7-21(15-40)37-20)43-16-32-8-3-9-41(32)13-19(35)12-32/h2,4-5,10-11,19-21,37,42H,3,6-9,12-16H2,1H3/t19-,20?,21?,32+/m1/s1. The molecule has 4 aliphatic rings. The van der Waals surface area contributed by atoms with Crippen molar-refractivity contribution in [2.75, 3.05) is 37.7 Å². The molecular weight excluding hydrogens is 590 g/mol. The van der Waals surface area contributed by atoms with Crippen LogP contribution < -0.4 is 15.0 Å². The van der Waals surface area contributed by atoms with E-state index in [4.69, 9.17) is 42.9 Å². The summed E-state index contributed by atoms with van der Waals surface area (Å²) in [6, 6.07) is 9.89. The van der Waals surface area contributed by atoms with E-state index >= 15 is 0 Å². The smallest absolute Gasteiger partial charge is 0.319 e. The Balaban J connectivity index is 1.29. The molecule has 8 rings (SSSR count). The normalized spacial score (nSPS) is 27.0. The molecule has 2 aromatic carbocycles. The van der Waals surface area contributed by atoms with Crippen molar-refractivity contribution in [1.29, 1.82) is 0 Å². The van der Waals surface area contributed by atoms with Gasteiger partial charge in [0.25, 0.3) is 0 Å². The second kappa shape index (κ2) is 10.3. The number of aromatic nitrogens is 3. The van der Waals surface area contributed by atoms with Gasteiger partial charge in [-0.05, 0) is 62.7 Å². The van der Waals surface area contributed by atoms with Gasteiger partial charge >= 0.3 is 6.01 Å². The van der Waals surface area contributed by atoms with Crippen LogP contribution in [0, 0.1) is 6.92 Å². The van der Waals surface area contributed by atoms with Crippen molar-refractivity contribution in [2.45, 2.75) is 62.8 Å². The van der Waals surface area contributed by atoms with Crippen molar-refractivity contribution >= 4 is 50.7 Å². The first-order valence-corrected chi connectivity index (χ1v) is 15.9. The summed E-state index contributed by atoms with van der Waals surface area (Å²) in [5.74, 6) is 0.846. The Morgan fingerprint density at radius 2 is 1.91 bits per heavy atom. The number of alkyl halides is 1. The number of aromatic hydroxyl groups is 1. The number of halogens is 3. The maximum Gasteiger partial charge on any atom is 0.319 e. The van der Waals surface area contributed by atoms with Gasteiger partial charge in [-0.2, -0.15) is 9.97 Å². The number of piperazine rings is 1. The maximum atomic E-state index is 14.5. The lowest BCUT2D eigenvalue weighted by Gasteiger charge is -2.35. The Kier molecular flexibility index (Phi) is 6.60. The molecule has 8 nitrogen and oxygen atoms in total. The van der Waals surface area contributed by atoms with Crippen LogP contribution in [-0.4, -0.2) is 81.5 Å². The number of ether oxygens (including phenoxy) is 1. The molecule has 0 aliphatic carbocycles. The summed E-state index contributed by atoms with van der Waals surface area (Å²) in [7, 11) is 0. The fraction of sp³-hybridized carbons (Fsp3) is 0.469. The minimum Gasteiger partial charge on any atom is -0.508 e. The second-order valence-corrected chi connectivity index (χ2v) is 13.4. The molecular formula is C32H33Cl2FN6O2. The van der Waals surface area contributed by atoms with Crippen LogP contribution in [0.25, 0.3) is 32.9 Å². The molecule has 6 heterocycles. The number of hydrogen-bond acceptors (Lipinski definition) is 8. The molecule has 2 unspecified atom stereocenters. The number of anilines is 1. The Labute approximate surface area is 259 Å². The molecule has 224 valence electrons.